The molecule has 2 aromatic carbocycles. The summed E-state index contributed by atoms with van der Waals surface area (Å²) < 4.78 is 54.9. The van der Waals surface area contributed by atoms with Gasteiger partial charge in [0.25, 0.3) is 0 Å². The zero-order valence-electron chi connectivity index (χ0n) is 13.1. The van der Waals surface area contributed by atoms with Crippen LogP contribution in [0.4, 0.5) is 8.78 Å². The molecule has 2 atom stereocenters. The molecule has 2 nitrogen and oxygen atoms in total. The van der Waals surface area contributed by atoms with Gasteiger partial charge < -0.3 is 0 Å². The van der Waals surface area contributed by atoms with E-state index in [1.165, 1.54) is 24.3 Å². The molecule has 0 amide bonds. The lowest BCUT2D eigenvalue weighted by Gasteiger charge is -2.33. The van der Waals surface area contributed by atoms with Gasteiger partial charge in [0.2, 0.25) is 0 Å². The van der Waals surface area contributed by atoms with Gasteiger partial charge in [0.15, 0.2) is 9.84 Å². The smallest absolute Gasteiger partial charge is 0.185 e. The zero-order chi connectivity index (χ0) is 17.5. The van der Waals surface area contributed by atoms with E-state index in [9.17, 15) is 17.2 Å². The van der Waals surface area contributed by atoms with Crippen LogP contribution in [0.15, 0.2) is 41.3 Å². The van der Waals surface area contributed by atoms with E-state index in [0.29, 0.717) is 24.3 Å². The van der Waals surface area contributed by atoms with Crippen molar-refractivity contribution in [2.24, 2.45) is 5.92 Å². The van der Waals surface area contributed by atoms with Crippen molar-refractivity contribution in [2.75, 3.05) is 0 Å². The Labute approximate surface area is 145 Å². The Hall–Kier alpha value is -1.46. The van der Waals surface area contributed by atoms with Gasteiger partial charge in [-0.05, 0) is 60.7 Å². The van der Waals surface area contributed by atoms with Gasteiger partial charge in [0, 0.05) is 10.6 Å². The van der Waals surface area contributed by atoms with Crippen molar-refractivity contribution in [2.45, 2.75) is 36.3 Å². The summed E-state index contributed by atoms with van der Waals surface area (Å²) in [4.78, 5) is 0.0758. The van der Waals surface area contributed by atoms with Crippen LogP contribution in [-0.4, -0.2) is 8.42 Å². The van der Waals surface area contributed by atoms with Gasteiger partial charge in [-0.3, -0.25) is 0 Å². The topological polar surface area (TPSA) is 34.1 Å². The van der Waals surface area contributed by atoms with E-state index in [1.807, 2.05) is 6.92 Å². The van der Waals surface area contributed by atoms with E-state index in [1.54, 1.807) is 0 Å². The molecule has 0 heterocycles. The molecule has 0 radical (unpaired) electrons. The third-order valence-electron chi connectivity index (χ3n) is 4.73. The van der Waals surface area contributed by atoms with Crippen molar-refractivity contribution < 1.29 is 17.2 Å². The van der Waals surface area contributed by atoms with Crippen LogP contribution in [0.3, 0.4) is 0 Å². The fraction of sp³-hybridized carbons (Fsp3) is 0.333. The number of benzene rings is 2. The van der Waals surface area contributed by atoms with Crippen LogP contribution in [0, 0.1) is 17.6 Å². The van der Waals surface area contributed by atoms with Gasteiger partial charge in [-0.15, -0.1) is 0 Å². The summed E-state index contributed by atoms with van der Waals surface area (Å²) in [6.45, 7) is 1.87. The molecule has 0 spiro atoms. The number of rotatable bonds is 3. The lowest BCUT2D eigenvalue weighted by molar-refractivity contribution is 0.396. The number of sulfone groups is 1. The van der Waals surface area contributed by atoms with Crippen molar-refractivity contribution in [1.82, 2.24) is 0 Å². The Bertz CT molecular complexity index is 863. The minimum Gasteiger partial charge on any atom is -0.223 e. The van der Waals surface area contributed by atoms with Crippen LogP contribution in [0.25, 0.3) is 0 Å². The molecular formula is C18H17ClF2O2S. The minimum atomic E-state index is -3.86. The van der Waals surface area contributed by atoms with Crippen molar-refractivity contribution >= 4 is 21.4 Å². The first kappa shape index (κ1) is 17.4. The second-order valence-corrected chi connectivity index (χ2v) is 8.55. The lowest BCUT2D eigenvalue weighted by atomic mass is 9.81. The fourth-order valence-corrected chi connectivity index (χ4v) is 5.82. The van der Waals surface area contributed by atoms with Crippen LogP contribution in [0.2, 0.25) is 5.02 Å². The summed E-state index contributed by atoms with van der Waals surface area (Å²) >= 11 is 5.83. The first-order valence-corrected chi connectivity index (χ1v) is 9.75. The molecule has 0 unspecified atom stereocenters. The summed E-state index contributed by atoms with van der Waals surface area (Å²) in [5.74, 6) is -1.46. The van der Waals surface area contributed by atoms with Gasteiger partial charge in [-0.25, -0.2) is 17.2 Å². The average molecular weight is 371 g/mol. The second kappa shape index (κ2) is 6.45. The normalized spacial score (nSPS) is 20.7. The highest BCUT2D eigenvalue weighted by molar-refractivity contribution is 7.91. The Morgan fingerprint density at radius 1 is 1.08 bits per heavy atom. The van der Waals surface area contributed by atoms with Crippen molar-refractivity contribution in [3.8, 4) is 0 Å². The molecule has 1 aliphatic carbocycles. The summed E-state index contributed by atoms with van der Waals surface area (Å²) in [7, 11) is -3.86. The third kappa shape index (κ3) is 2.84. The van der Waals surface area contributed by atoms with Crippen LogP contribution in [-0.2, 0) is 16.3 Å². The molecule has 2 aromatic rings. The van der Waals surface area contributed by atoms with Crippen molar-refractivity contribution in [1.29, 1.82) is 0 Å². The summed E-state index contributed by atoms with van der Waals surface area (Å²) in [5.41, 5.74) is 0.172. The molecule has 0 fully saturated rings. The largest absolute Gasteiger partial charge is 0.223 e. The van der Waals surface area contributed by atoms with Crippen molar-refractivity contribution in [3.63, 3.8) is 0 Å². The molecule has 128 valence electrons. The van der Waals surface area contributed by atoms with Gasteiger partial charge in [-0.1, -0.05) is 24.9 Å². The summed E-state index contributed by atoms with van der Waals surface area (Å²) in [5, 5.41) is -0.662. The third-order valence-corrected chi connectivity index (χ3v) is 7.20. The van der Waals surface area contributed by atoms with Gasteiger partial charge in [-0.2, -0.15) is 0 Å². The van der Waals surface area contributed by atoms with Gasteiger partial charge >= 0.3 is 0 Å². The number of fused-ring (bicyclic) bond motifs is 1. The molecule has 3 rings (SSSR count). The Morgan fingerprint density at radius 2 is 1.71 bits per heavy atom. The van der Waals surface area contributed by atoms with E-state index in [4.69, 9.17) is 11.6 Å². The standard InChI is InChI=1S/C18H17ClF2O2S/c1-2-11-3-8-14-15(20)9-10-16(21)17(14)18(11)24(22,23)13-6-4-12(19)5-7-13/h4-7,9-11,18H,2-3,8H2,1H3/t11-,18+/m0/s1. The predicted molar refractivity (Wildman–Crippen MR) is 89.8 cm³/mol. The molecule has 1 aliphatic rings. The fourth-order valence-electron chi connectivity index (χ4n) is 3.49. The highest BCUT2D eigenvalue weighted by Gasteiger charge is 2.41. The molecule has 0 N–H and O–H groups in total. The van der Waals surface area contributed by atoms with Crippen LogP contribution < -0.4 is 0 Å². The predicted octanol–water partition coefficient (Wildman–Crippen LogP) is 5.11. The number of hydrogen-bond donors (Lipinski definition) is 0. The zero-order valence-corrected chi connectivity index (χ0v) is 14.7. The second-order valence-electron chi connectivity index (χ2n) is 6.05. The molecule has 0 aliphatic heterocycles. The van der Waals surface area contributed by atoms with Gasteiger partial charge in [0.05, 0.1) is 10.1 Å². The van der Waals surface area contributed by atoms with Crippen LogP contribution in [0.1, 0.15) is 36.1 Å². The molecular weight excluding hydrogens is 354 g/mol. The maximum atomic E-state index is 14.5. The maximum Gasteiger partial charge on any atom is 0.185 e. The SMILES string of the molecule is CC[C@H]1CCc2c(F)ccc(F)c2[C@@H]1S(=O)(=O)c1ccc(Cl)cc1. The summed E-state index contributed by atoms with van der Waals surface area (Å²) in [6, 6.07) is 7.87. The summed E-state index contributed by atoms with van der Waals surface area (Å²) in [6.07, 6.45) is 1.44. The maximum absolute atomic E-state index is 14.5. The Balaban J connectivity index is 2.22. The molecule has 0 saturated carbocycles. The van der Waals surface area contributed by atoms with E-state index in [2.05, 4.69) is 0 Å². The van der Waals surface area contributed by atoms with Crippen molar-refractivity contribution in [3.05, 3.63) is 64.2 Å². The van der Waals surface area contributed by atoms with E-state index < -0.39 is 26.7 Å². The number of halogens is 3. The molecule has 24 heavy (non-hydrogen) atoms. The van der Waals surface area contributed by atoms with Crippen LogP contribution >= 0.6 is 11.6 Å². The Kier molecular flexibility index (Phi) is 4.67. The highest BCUT2D eigenvalue weighted by Crippen LogP contribution is 2.45. The van der Waals surface area contributed by atoms with Crippen LogP contribution in [0.5, 0.6) is 0 Å². The molecule has 0 aromatic heterocycles. The van der Waals surface area contributed by atoms with E-state index in [0.717, 1.165) is 12.1 Å². The quantitative estimate of drug-likeness (QED) is 0.752. The molecule has 0 bridgehead atoms. The monoisotopic (exact) mass is 370 g/mol. The minimum absolute atomic E-state index is 0.0111. The first-order valence-electron chi connectivity index (χ1n) is 7.82. The molecule has 6 heteroatoms. The van der Waals surface area contributed by atoms with E-state index >= 15 is 0 Å². The van der Waals surface area contributed by atoms with Gasteiger partial charge in [0.1, 0.15) is 11.6 Å². The number of hydrogen-bond acceptors (Lipinski definition) is 2. The lowest BCUT2D eigenvalue weighted by Crippen LogP contribution is -2.29. The average Bonchev–Trinajstić information content (AvgIpc) is 2.57. The Morgan fingerprint density at radius 3 is 2.33 bits per heavy atom. The molecule has 0 saturated heterocycles. The first-order chi connectivity index (χ1) is 11.4. The highest BCUT2D eigenvalue weighted by atomic mass is 35.5. The van der Waals surface area contributed by atoms with E-state index in [-0.39, 0.29) is 21.9 Å².